The number of halogens is 3. The Labute approximate surface area is 645 Å². The molecular weight excluding hydrogens is 1480 g/mol. The van der Waals surface area contributed by atoms with Gasteiger partial charge in [-0.15, -0.1) is 0 Å². The molecule has 2 saturated heterocycles. The number of esters is 1. The van der Waals surface area contributed by atoms with Crippen LogP contribution >= 0.6 is 0 Å². The van der Waals surface area contributed by atoms with Crippen LogP contribution in [0.15, 0.2) is 59.6 Å². The zero-order valence-corrected chi connectivity index (χ0v) is 64.4. The molecule has 0 unspecified atom stereocenters. The number of ether oxygens (including phenoxy) is 2. The maximum Gasteiger partial charge on any atom is 0.490 e. The number of alkyl halides is 3. The van der Waals surface area contributed by atoms with Gasteiger partial charge >= 0.3 is 24.1 Å². The summed E-state index contributed by atoms with van der Waals surface area (Å²) < 4.78 is 43.1. The van der Waals surface area contributed by atoms with Crippen molar-refractivity contribution in [3.8, 4) is 0 Å². The average molecular weight is 1590 g/mol. The van der Waals surface area contributed by atoms with Crippen LogP contribution in [-0.4, -0.2) is 245 Å². The van der Waals surface area contributed by atoms with E-state index < -0.39 is 205 Å². The van der Waals surface area contributed by atoms with Gasteiger partial charge in [-0.05, 0) is 98.4 Å². The number of carboxylic acids is 1. The zero-order chi connectivity index (χ0) is 84.6. The van der Waals surface area contributed by atoms with E-state index in [2.05, 4.69) is 63.1 Å². The Bertz CT molecular complexity index is 3540. The van der Waals surface area contributed by atoms with Gasteiger partial charge in [0.2, 0.25) is 65.0 Å². The molecule has 0 aliphatic carbocycles. The minimum Gasteiger partial charge on any atom is -0.475 e. The average Bonchev–Trinajstić information content (AvgIpc) is 0.808. The Hall–Kier alpha value is -10.4. The lowest BCUT2D eigenvalue weighted by Crippen LogP contribution is -2.64. The molecule has 0 saturated carbocycles. The van der Waals surface area contributed by atoms with Crippen molar-refractivity contribution in [1.29, 1.82) is 0 Å². The normalized spacial score (nSPS) is 23.1. The third-order valence-corrected chi connectivity index (χ3v) is 17.4. The number of nitrogens with two attached hydrogens (primary N) is 3. The topological polar surface area (TPSA) is 597 Å². The van der Waals surface area contributed by atoms with E-state index in [-0.39, 0.29) is 68.4 Å². The molecule has 0 spiro atoms. The van der Waals surface area contributed by atoms with Gasteiger partial charge in [-0.2, -0.15) is 13.2 Å². The smallest absolute Gasteiger partial charge is 0.475 e. The molecule has 0 bridgehead atoms. The maximum absolute atomic E-state index is 15.5. The third-order valence-electron chi connectivity index (χ3n) is 17.4. The number of aliphatic imine (C=N–C) groups is 1. The number of benzene rings is 2. The number of anilines is 2. The van der Waals surface area contributed by atoms with Crippen LogP contribution in [0.2, 0.25) is 0 Å². The van der Waals surface area contributed by atoms with Gasteiger partial charge in [-0.25, -0.2) is 14.4 Å². The molecule has 0 radical (unpaired) electrons. The summed E-state index contributed by atoms with van der Waals surface area (Å²) in [6, 6.07) is -4.84. The van der Waals surface area contributed by atoms with Crippen LogP contribution in [0.3, 0.4) is 0 Å². The number of primary amides is 1. The number of cyclic esters (lactones) is 1. The fourth-order valence-corrected chi connectivity index (χ4v) is 11.1. The molecule has 41 heteroatoms. The first-order valence-corrected chi connectivity index (χ1v) is 36.5. The van der Waals surface area contributed by atoms with E-state index in [1.165, 1.54) is 44.2 Å². The number of carbonyl (C=O) groups excluding carboxylic acids is 13. The molecule has 4 rings (SSSR count). The Balaban J connectivity index is 0.00000441. The van der Waals surface area contributed by atoms with E-state index in [1.807, 2.05) is 36.6 Å². The molecule has 2 aromatic carbocycles. The minimum atomic E-state index is -5.08. The quantitative estimate of drug-likeness (QED) is 0.0203. The molecule has 2 heterocycles. The molecule has 2 aliphatic rings. The SMILES string of the molecule is CC[C@H](C)[C@@H]1NC(=O)[C@@H](CCCN=C(N)NC(=O)Nc2ccc(N3CCOCC3)cc2)NC(=O)[C@H](CC(C)C)NC(=O)[C@H]([C@H](O)C(C)C)NC(=O)[C@@H](NC(=O)[C@H](CC(C)C)NC(=O)[C@H](N)CC(C)C)[C@@H](c2ccccc2)OC(=O)[C@H](CO)NC(=O)[C@H]([C@H](O)C(N)=O)NC(=O)CNC(=O)[C@H]([C@H](C)O)NC1=O.O=C(O)C(F)(F)F. The predicted molar refractivity (Wildman–Crippen MR) is 397 cm³/mol. The fourth-order valence-electron chi connectivity index (χ4n) is 11.1. The highest BCUT2D eigenvalue weighted by Gasteiger charge is 2.44. The van der Waals surface area contributed by atoms with Gasteiger partial charge in [0.25, 0.3) is 0 Å². The number of urea groups is 1. The van der Waals surface area contributed by atoms with Crippen molar-refractivity contribution in [2.75, 3.05) is 56.2 Å². The lowest BCUT2D eigenvalue weighted by molar-refractivity contribution is -0.192. The van der Waals surface area contributed by atoms with Crippen LogP contribution < -0.4 is 85.9 Å². The standard InChI is InChI=1S/C69H109N17O19.C2HF3O2/c1-12-38(10)49-63(98)82-50(39(11)88)62(97)74-32-48(89)80-52(55(91)57(71)92)65(100)79-47(33-87)67(102)105-56(40-17-14-13-15-18-40)53(84-61(96)46(31-36(6)7)77-58(93)43(70)29-34(2)3)66(101)83-51(54(90)37(8)9)64(99)78-45(30-35(4)5)60(95)76-44(59(94)81-49)19-16-24-73-68(72)85-69(103)75-41-20-22-42(23-21-41)86-25-27-104-28-26-86;3-2(4,5)1(6)7/h13-15,17-18,20-23,34-39,43-47,49-56,87-88,90-91H,12,16,19,24-33,70H2,1-11H3,(H2,71,92)(H,74,97)(H,76,95)(H,77,93)(H,78,99)(H,79,100)(H,80,89)(H,81,94)(H,82,98)(H,83,101)(H,84,96)(H4,72,73,75,85,103);(H,6,7)/t38-,39-,43+,44+,45-,46-,47-,49-,50-,51-,52-,53-,54+,55-,56+;/m0./s1. The number of hydrogen-bond acceptors (Lipinski definition) is 23. The summed E-state index contributed by atoms with van der Waals surface area (Å²) >= 11 is 0. The van der Waals surface area contributed by atoms with E-state index in [4.69, 9.17) is 36.6 Å². The van der Waals surface area contributed by atoms with Gasteiger partial charge in [0, 0.05) is 31.0 Å². The number of morpholine rings is 1. The van der Waals surface area contributed by atoms with E-state index >= 15 is 9.59 Å². The van der Waals surface area contributed by atoms with E-state index in [0.29, 0.717) is 32.0 Å². The predicted octanol–water partition coefficient (Wildman–Crippen LogP) is -3.10. The van der Waals surface area contributed by atoms with Crippen LogP contribution in [0.4, 0.5) is 29.3 Å². The molecule has 15 atom stereocenters. The van der Waals surface area contributed by atoms with Gasteiger partial charge in [0.05, 0.1) is 44.6 Å². The number of carbonyl (C=O) groups is 14. The second-order valence-electron chi connectivity index (χ2n) is 28.5. The number of carboxylic acid groups (broad SMARTS) is 1. The second-order valence-corrected chi connectivity index (χ2v) is 28.5. The summed E-state index contributed by atoms with van der Waals surface area (Å²) in [5.41, 5.74) is 19.0. The number of amides is 13. The van der Waals surface area contributed by atoms with Crippen LogP contribution in [0, 0.1) is 29.6 Å². The monoisotopic (exact) mass is 1590 g/mol. The number of aliphatic hydroxyl groups is 4. The summed E-state index contributed by atoms with van der Waals surface area (Å²) in [4.78, 5) is 200. The van der Waals surface area contributed by atoms with Gasteiger partial charge in [-0.1, -0.05) is 106 Å². The molecule has 2 fully saturated rings. The van der Waals surface area contributed by atoms with Crippen molar-refractivity contribution in [3.05, 3.63) is 60.2 Å². The van der Waals surface area contributed by atoms with Crippen LogP contribution in [-0.2, 0) is 71.8 Å². The van der Waals surface area contributed by atoms with Gasteiger partial charge in [0.1, 0.15) is 48.3 Å². The molecule has 13 amide bonds. The van der Waals surface area contributed by atoms with Crippen molar-refractivity contribution in [2.45, 2.75) is 206 Å². The Morgan fingerprint density at radius 2 is 1.21 bits per heavy atom. The number of nitrogens with zero attached hydrogens (tertiary/aromatic N) is 2. The summed E-state index contributed by atoms with van der Waals surface area (Å²) in [7, 11) is 0. The first-order valence-electron chi connectivity index (χ1n) is 36.5. The number of aliphatic hydroxyl groups excluding tert-OH is 4. The van der Waals surface area contributed by atoms with Crippen LogP contribution in [0.1, 0.15) is 126 Å². The van der Waals surface area contributed by atoms with Gasteiger partial charge in [-0.3, -0.25) is 63.0 Å². The number of hydrogen-bond donors (Lipinski definition) is 20. The number of aliphatic carboxylic acids is 1. The van der Waals surface area contributed by atoms with Crippen molar-refractivity contribution in [1.82, 2.24) is 58.5 Å². The van der Waals surface area contributed by atoms with Gasteiger partial charge in [0.15, 0.2) is 24.2 Å². The first-order chi connectivity index (χ1) is 52.4. The van der Waals surface area contributed by atoms with Gasteiger partial charge < -0.3 is 116 Å². The Kier molecular flexibility index (Phi) is 39.8. The minimum absolute atomic E-state index is 0.0689. The summed E-state index contributed by atoms with van der Waals surface area (Å²) in [6.07, 6.45) is -13.6. The summed E-state index contributed by atoms with van der Waals surface area (Å²) in [5, 5.41) is 80.8. The van der Waals surface area contributed by atoms with Crippen molar-refractivity contribution in [3.63, 3.8) is 0 Å². The molecule has 38 nitrogen and oxygen atoms in total. The van der Waals surface area contributed by atoms with E-state index in [1.54, 1.807) is 53.7 Å². The van der Waals surface area contributed by atoms with Crippen molar-refractivity contribution >= 4 is 100 Å². The van der Waals surface area contributed by atoms with E-state index in [0.717, 1.165) is 12.6 Å². The number of guanidine groups is 1. The first kappa shape index (κ1) is 95.8. The third kappa shape index (κ3) is 32.2. The van der Waals surface area contributed by atoms with Crippen LogP contribution in [0.25, 0.3) is 0 Å². The Morgan fingerprint density at radius 3 is 1.74 bits per heavy atom. The molecule has 2 aliphatic heterocycles. The fraction of sp³-hybridized carbons (Fsp3) is 0.620. The molecular formula is C71H110F3N17O21. The molecule has 0 aromatic heterocycles. The van der Waals surface area contributed by atoms with Crippen molar-refractivity contribution in [2.24, 2.45) is 51.8 Å². The maximum atomic E-state index is 15.5. The van der Waals surface area contributed by atoms with Crippen LogP contribution in [0.5, 0.6) is 0 Å². The second kappa shape index (κ2) is 46.5. The molecule has 23 N–H and O–H groups in total. The number of nitrogens with one attached hydrogen (secondary N) is 12. The molecule has 626 valence electrons. The largest absolute Gasteiger partial charge is 0.490 e. The van der Waals surface area contributed by atoms with E-state index in [9.17, 15) is 86.3 Å². The highest BCUT2D eigenvalue weighted by molar-refractivity contribution is 6.03. The summed E-state index contributed by atoms with van der Waals surface area (Å²) in [5.74, 6) is -20.4. The highest BCUT2D eigenvalue weighted by Crippen LogP contribution is 2.26. The lowest BCUT2D eigenvalue weighted by Gasteiger charge is -2.34. The molecule has 112 heavy (non-hydrogen) atoms. The lowest BCUT2D eigenvalue weighted by atomic mass is 9.95. The van der Waals surface area contributed by atoms with Crippen molar-refractivity contribution < 1.29 is 115 Å². The highest BCUT2D eigenvalue weighted by atomic mass is 19.4. The number of rotatable bonds is 25. The zero-order valence-electron chi connectivity index (χ0n) is 64.4. The summed E-state index contributed by atoms with van der Waals surface area (Å²) in [6.45, 7) is 17.6. The Morgan fingerprint density at radius 1 is 0.661 bits per heavy atom. The molecule has 2 aromatic rings.